The van der Waals surface area contributed by atoms with Crippen LogP contribution in [0.4, 0.5) is 14.5 Å². The van der Waals surface area contributed by atoms with Gasteiger partial charge in [0.1, 0.15) is 29.8 Å². The van der Waals surface area contributed by atoms with Gasteiger partial charge in [-0.25, -0.2) is 13.8 Å². The number of hydrogen-bond acceptors (Lipinski definition) is 5. The van der Waals surface area contributed by atoms with Crippen molar-refractivity contribution in [2.45, 2.75) is 12.5 Å². The molecule has 0 aliphatic heterocycles. The number of hydrogen-bond donors (Lipinski definition) is 4. The largest absolute Gasteiger partial charge is 0.491 e. The second-order valence-electron chi connectivity index (χ2n) is 7.30. The zero-order chi connectivity index (χ0) is 23.4. The predicted octanol–water partition coefficient (Wildman–Crippen LogP) is 4.15. The first-order valence-corrected chi connectivity index (χ1v) is 10.2. The van der Waals surface area contributed by atoms with E-state index >= 15 is 0 Å². The van der Waals surface area contributed by atoms with Crippen molar-refractivity contribution in [1.29, 1.82) is 0 Å². The molecular formula is C24H21F2N3O4. The molecule has 3 aromatic carbocycles. The summed E-state index contributed by atoms with van der Waals surface area (Å²) in [5, 5.41) is 21.1. The number of anilines is 1. The van der Waals surface area contributed by atoms with E-state index in [1.54, 1.807) is 54.6 Å². The van der Waals surface area contributed by atoms with Crippen molar-refractivity contribution in [2.24, 2.45) is 0 Å². The average Bonchev–Trinajstić information content (AvgIpc) is 3.27. The molecule has 0 bridgehead atoms. The number of fused-ring (bicyclic) bond motifs is 1. The number of aromatic amines is 1. The van der Waals surface area contributed by atoms with E-state index < -0.39 is 25.0 Å². The maximum atomic E-state index is 13.4. The highest BCUT2D eigenvalue weighted by molar-refractivity contribution is 6.11. The van der Waals surface area contributed by atoms with Crippen LogP contribution in [0.15, 0.2) is 66.7 Å². The smallest absolute Gasteiger partial charge is 0.264 e. The summed E-state index contributed by atoms with van der Waals surface area (Å²) in [5.74, 6) is 0.219. The number of alkyl halides is 2. The quantitative estimate of drug-likeness (QED) is 0.321. The molecule has 0 spiro atoms. The molecular weight excluding hydrogens is 432 g/mol. The Kier molecular flexibility index (Phi) is 6.62. The van der Waals surface area contributed by atoms with E-state index in [9.17, 15) is 18.7 Å². The molecule has 170 valence electrons. The molecule has 1 heterocycles. The minimum absolute atomic E-state index is 0.0939. The normalized spacial score (nSPS) is 12.2. The second kappa shape index (κ2) is 9.76. The number of carbonyl (C=O) groups excluding carboxylic acids is 1. The molecule has 1 aromatic heterocycles. The van der Waals surface area contributed by atoms with Gasteiger partial charge in [-0.3, -0.25) is 4.79 Å². The van der Waals surface area contributed by atoms with Crippen LogP contribution in [0.5, 0.6) is 5.75 Å². The summed E-state index contributed by atoms with van der Waals surface area (Å²) in [6, 6.07) is 17.6. The number of benzene rings is 3. The van der Waals surface area contributed by atoms with Crippen molar-refractivity contribution in [3.05, 3.63) is 77.9 Å². The first-order valence-electron chi connectivity index (χ1n) is 10.2. The lowest BCUT2D eigenvalue weighted by molar-refractivity contribution is 0.0536. The summed E-state index contributed by atoms with van der Waals surface area (Å²) >= 11 is 0. The molecule has 1 atom stereocenters. The maximum Gasteiger partial charge on any atom is 0.264 e. The van der Waals surface area contributed by atoms with Crippen LogP contribution in [0.3, 0.4) is 0 Å². The average molecular weight is 453 g/mol. The number of nitrogens with zero attached hydrogens (tertiary/aromatic N) is 1. The number of halogens is 2. The lowest BCUT2D eigenvalue weighted by Crippen LogP contribution is -2.21. The van der Waals surface area contributed by atoms with Gasteiger partial charge in [-0.1, -0.05) is 36.4 Å². The number of imidazole rings is 1. The predicted molar refractivity (Wildman–Crippen MR) is 119 cm³/mol. The third-order valence-corrected chi connectivity index (χ3v) is 4.95. The Labute approximate surface area is 187 Å². The van der Waals surface area contributed by atoms with Crippen molar-refractivity contribution < 1.29 is 28.5 Å². The molecule has 33 heavy (non-hydrogen) atoms. The minimum atomic E-state index is -2.66. The molecule has 9 heteroatoms. The standard InChI is InChI=1S/C24H21F2N3O4/c25-22(26)17-7-1-2-8-18(17)23-28-20-10-4-9-19(21(20)29-23)24(32)27-14-5-3-6-16(11-14)33-13-15(31)12-30/h1-11,15,22,30-31H,12-13H2,(H,27,32)(H,28,29)/t15-/m1/s1. The molecule has 0 aliphatic carbocycles. The van der Waals surface area contributed by atoms with E-state index in [4.69, 9.17) is 9.84 Å². The Morgan fingerprint density at radius 1 is 1.09 bits per heavy atom. The number of aliphatic hydroxyl groups excluding tert-OH is 2. The molecule has 4 aromatic rings. The third-order valence-electron chi connectivity index (χ3n) is 4.95. The van der Waals surface area contributed by atoms with Gasteiger partial charge >= 0.3 is 0 Å². The summed E-state index contributed by atoms with van der Waals surface area (Å²) in [6.07, 6.45) is -3.67. The topological polar surface area (TPSA) is 107 Å². The highest BCUT2D eigenvalue weighted by Crippen LogP contribution is 2.31. The zero-order valence-corrected chi connectivity index (χ0v) is 17.3. The number of H-pyrrole nitrogens is 1. The van der Waals surface area contributed by atoms with E-state index in [1.165, 1.54) is 12.1 Å². The van der Waals surface area contributed by atoms with Crippen LogP contribution in [-0.4, -0.2) is 45.4 Å². The van der Waals surface area contributed by atoms with Crippen molar-refractivity contribution in [2.75, 3.05) is 18.5 Å². The van der Waals surface area contributed by atoms with Gasteiger partial charge in [-0.2, -0.15) is 0 Å². The first-order chi connectivity index (χ1) is 16.0. The van der Waals surface area contributed by atoms with Crippen molar-refractivity contribution >= 4 is 22.6 Å². The van der Waals surface area contributed by atoms with Crippen molar-refractivity contribution in [1.82, 2.24) is 9.97 Å². The highest BCUT2D eigenvalue weighted by Gasteiger charge is 2.19. The SMILES string of the molecule is O=C(Nc1cccc(OC[C@H](O)CO)c1)c1cccc2[nH]c(-c3ccccc3C(F)F)nc12. The number of nitrogens with one attached hydrogen (secondary N) is 2. The number of ether oxygens (including phenoxy) is 1. The number of carbonyl (C=O) groups is 1. The van der Waals surface area contributed by atoms with E-state index in [0.29, 0.717) is 22.5 Å². The zero-order valence-electron chi connectivity index (χ0n) is 17.3. The monoisotopic (exact) mass is 453 g/mol. The molecule has 0 saturated heterocycles. The maximum absolute atomic E-state index is 13.4. The lowest BCUT2D eigenvalue weighted by atomic mass is 10.1. The van der Waals surface area contributed by atoms with Gasteiger partial charge in [0.15, 0.2) is 0 Å². The summed E-state index contributed by atoms with van der Waals surface area (Å²) in [6.45, 7) is -0.517. The van der Waals surface area contributed by atoms with E-state index in [1.807, 2.05) is 0 Å². The van der Waals surface area contributed by atoms with E-state index in [2.05, 4.69) is 15.3 Å². The van der Waals surface area contributed by atoms with Gasteiger partial charge in [0, 0.05) is 22.9 Å². The van der Waals surface area contributed by atoms with Gasteiger partial charge < -0.3 is 25.3 Å². The van der Waals surface area contributed by atoms with Crippen LogP contribution in [0.2, 0.25) is 0 Å². The Balaban J connectivity index is 1.60. The van der Waals surface area contributed by atoms with Crippen LogP contribution in [0.1, 0.15) is 22.3 Å². The summed E-state index contributed by atoms with van der Waals surface area (Å²) in [7, 11) is 0. The molecule has 1 amide bonds. The van der Waals surface area contributed by atoms with Crippen LogP contribution in [0, 0.1) is 0 Å². The molecule has 0 saturated carbocycles. The van der Waals surface area contributed by atoms with Crippen LogP contribution in [0.25, 0.3) is 22.4 Å². The number of para-hydroxylation sites is 1. The second-order valence-corrected chi connectivity index (χ2v) is 7.30. The van der Waals surface area contributed by atoms with E-state index in [0.717, 1.165) is 0 Å². The molecule has 0 aliphatic rings. The molecule has 7 nitrogen and oxygen atoms in total. The Morgan fingerprint density at radius 2 is 1.88 bits per heavy atom. The van der Waals surface area contributed by atoms with Gasteiger partial charge in [-0.15, -0.1) is 0 Å². The van der Waals surface area contributed by atoms with Crippen LogP contribution < -0.4 is 10.1 Å². The fourth-order valence-corrected chi connectivity index (χ4v) is 3.35. The molecule has 4 N–H and O–H groups in total. The lowest BCUT2D eigenvalue weighted by Gasteiger charge is -2.11. The number of rotatable bonds is 8. The molecule has 0 radical (unpaired) electrons. The summed E-state index contributed by atoms with van der Waals surface area (Å²) in [4.78, 5) is 20.4. The molecule has 0 fully saturated rings. The van der Waals surface area contributed by atoms with Crippen molar-refractivity contribution in [3.63, 3.8) is 0 Å². The van der Waals surface area contributed by atoms with Gasteiger partial charge in [-0.05, 0) is 24.3 Å². The molecule has 0 unspecified atom stereocenters. The summed E-state index contributed by atoms with van der Waals surface area (Å²) in [5.41, 5.74) is 1.73. The highest BCUT2D eigenvalue weighted by atomic mass is 19.3. The number of aromatic nitrogens is 2. The van der Waals surface area contributed by atoms with Crippen LogP contribution in [-0.2, 0) is 0 Å². The summed E-state index contributed by atoms with van der Waals surface area (Å²) < 4.78 is 32.3. The number of aliphatic hydroxyl groups is 2. The Morgan fingerprint density at radius 3 is 2.67 bits per heavy atom. The third kappa shape index (κ3) is 5.00. The van der Waals surface area contributed by atoms with Gasteiger partial charge in [0.05, 0.1) is 17.7 Å². The fraction of sp³-hybridized carbons (Fsp3) is 0.167. The fourth-order valence-electron chi connectivity index (χ4n) is 3.35. The molecule has 4 rings (SSSR count). The van der Waals surface area contributed by atoms with Crippen molar-refractivity contribution in [3.8, 4) is 17.1 Å². The Hall–Kier alpha value is -3.82. The number of amides is 1. The van der Waals surface area contributed by atoms with Gasteiger partial charge in [0.2, 0.25) is 0 Å². The minimum Gasteiger partial charge on any atom is -0.491 e. The van der Waals surface area contributed by atoms with E-state index in [-0.39, 0.29) is 29.1 Å². The van der Waals surface area contributed by atoms with Gasteiger partial charge in [0.25, 0.3) is 12.3 Å². The van der Waals surface area contributed by atoms with Crippen LogP contribution >= 0.6 is 0 Å². The Bertz CT molecular complexity index is 1280. The first kappa shape index (κ1) is 22.4.